The zero-order chi connectivity index (χ0) is 14.0. The van der Waals surface area contributed by atoms with Crippen LogP contribution in [0.25, 0.3) is 0 Å². The molecule has 19 heavy (non-hydrogen) atoms. The first kappa shape index (κ1) is 13.4. The minimum Gasteiger partial charge on any atom is -0.294 e. The lowest BCUT2D eigenvalue weighted by Crippen LogP contribution is -2.09. The summed E-state index contributed by atoms with van der Waals surface area (Å²) in [6.07, 6.45) is -0.00141. The Bertz CT molecular complexity index is 609. The number of halogens is 2. The molecule has 0 saturated carbocycles. The van der Waals surface area contributed by atoms with E-state index in [0.717, 1.165) is 5.56 Å². The highest BCUT2D eigenvalue weighted by Gasteiger charge is 2.15. The van der Waals surface area contributed by atoms with E-state index >= 15 is 0 Å². The average molecular weight is 260 g/mol. The summed E-state index contributed by atoms with van der Waals surface area (Å²) >= 11 is 0. The fourth-order valence-electron chi connectivity index (χ4n) is 2.19. The first-order valence-corrected chi connectivity index (χ1v) is 6.02. The van der Waals surface area contributed by atoms with Crippen molar-refractivity contribution in [3.8, 4) is 0 Å². The number of Topliss-reactive ketones (excluding diaryl/α,β-unsaturated/α-hetero) is 1. The van der Waals surface area contributed by atoms with E-state index in [0.29, 0.717) is 11.1 Å². The van der Waals surface area contributed by atoms with Gasteiger partial charge in [-0.3, -0.25) is 4.79 Å². The molecule has 0 aliphatic heterocycles. The third kappa shape index (κ3) is 3.05. The highest BCUT2D eigenvalue weighted by Crippen LogP contribution is 2.18. The molecular formula is C16H14F2O. The molecule has 0 atom stereocenters. The molecule has 0 spiro atoms. The third-order valence-electron chi connectivity index (χ3n) is 2.96. The zero-order valence-corrected chi connectivity index (χ0v) is 10.8. The standard InChI is InChI=1S/C16H14F2O/c1-10-6-11(2)16(14(18)7-10)15(19)9-12-4-3-5-13(17)8-12/h3-8H,9H2,1-2H3. The van der Waals surface area contributed by atoms with Gasteiger partial charge in [0.1, 0.15) is 11.6 Å². The molecule has 0 N–H and O–H groups in total. The van der Waals surface area contributed by atoms with E-state index in [4.69, 9.17) is 0 Å². The van der Waals surface area contributed by atoms with E-state index in [1.165, 1.54) is 24.3 Å². The van der Waals surface area contributed by atoms with Crippen molar-refractivity contribution >= 4 is 5.78 Å². The van der Waals surface area contributed by atoms with Crippen LogP contribution in [0.5, 0.6) is 0 Å². The monoisotopic (exact) mass is 260 g/mol. The Morgan fingerprint density at radius 1 is 1.11 bits per heavy atom. The molecule has 0 heterocycles. The van der Waals surface area contributed by atoms with Crippen LogP contribution >= 0.6 is 0 Å². The van der Waals surface area contributed by atoms with E-state index < -0.39 is 11.6 Å². The Kier molecular flexibility index (Phi) is 3.74. The van der Waals surface area contributed by atoms with E-state index in [2.05, 4.69) is 0 Å². The van der Waals surface area contributed by atoms with E-state index in [1.54, 1.807) is 26.0 Å². The van der Waals surface area contributed by atoms with Gasteiger partial charge < -0.3 is 0 Å². The number of hydrogen-bond donors (Lipinski definition) is 0. The second-order valence-electron chi connectivity index (χ2n) is 4.67. The molecule has 3 heteroatoms. The molecule has 0 aromatic heterocycles. The first-order chi connectivity index (χ1) is 8.97. The lowest BCUT2D eigenvalue weighted by Gasteiger charge is -2.08. The number of aryl methyl sites for hydroxylation is 2. The normalized spacial score (nSPS) is 10.5. The Labute approximate surface area is 110 Å². The number of carbonyl (C=O) groups is 1. The summed E-state index contributed by atoms with van der Waals surface area (Å²) in [5.74, 6) is -1.24. The predicted molar refractivity (Wildman–Crippen MR) is 70.3 cm³/mol. The molecule has 0 amide bonds. The zero-order valence-electron chi connectivity index (χ0n) is 10.8. The van der Waals surface area contributed by atoms with Crippen LogP contribution in [0.1, 0.15) is 27.0 Å². The van der Waals surface area contributed by atoms with Crippen LogP contribution in [0.2, 0.25) is 0 Å². The van der Waals surface area contributed by atoms with Crippen LogP contribution < -0.4 is 0 Å². The van der Waals surface area contributed by atoms with Crippen LogP contribution in [-0.2, 0) is 6.42 Å². The van der Waals surface area contributed by atoms with Crippen molar-refractivity contribution in [2.45, 2.75) is 20.3 Å². The molecule has 2 aromatic carbocycles. The molecule has 98 valence electrons. The minimum absolute atomic E-state index is 0.00141. The fraction of sp³-hybridized carbons (Fsp3) is 0.188. The van der Waals surface area contributed by atoms with Gasteiger partial charge in [-0.25, -0.2) is 8.78 Å². The molecule has 0 saturated heterocycles. The number of hydrogen-bond acceptors (Lipinski definition) is 1. The fourth-order valence-corrected chi connectivity index (χ4v) is 2.19. The van der Waals surface area contributed by atoms with Gasteiger partial charge in [-0.15, -0.1) is 0 Å². The SMILES string of the molecule is Cc1cc(C)c(C(=O)Cc2cccc(F)c2)c(F)c1. The minimum atomic E-state index is -0.515. The maximum absolute atomic E-state index is 13.8. The van der Waals surface area contributed by atoms with Crippen LogP contribution in [0.4, 0.5) is 8.78 Å². The lowest BCUT2D eigenvalue weighted by molar-refractivity contribution is 0.0988. The van der Waals surface area contributed by atoms with E-state index in [1.807, 2.05) is 0 Å². The second kappa shape index (κ2) is 5.31. The van der Waals surface area contributed by atoms with E-state index in [-0.39, 0.29) is 17.8 Å². The maximum Gasteiger partial charge on any atom is 0.170 e. The topological polar surface area (TPSA) is 17.1 Å². The third-order valence-corrected chi connectivity index (χ3v) is 2.96. The van der Waals surface area contributed by atoms with Crippen molar-refractivity contribution in [2.75, 3.05) is 0 Å². The van der Waals surface area contributed by atoms with Gasteiger partial charge in [-0.2, -0.15) is 0 Å². The number of carbonyl (C=O) groups excluding carboxylic acids is 1. The van der Waals surface area contributed by atoms with Crippen molar-refractivity contribution in [2.24, 2.45) is 0 Å². The van der Waals surface area contributed by atoms with Crippen molar-refractivity contribution in [3.05, 3.63) is 70.3 Å². The molecule has 2 rings (SSSR count). The van der Waals surface area contributed by atoms with Crippen LogP contribution in [0, 0.1) is 25.5 Å². The Morgan fingerprint density at radius 3 is 2.47 bits per heavy atom. The van der Waals surface area contributed by atoms with Crippen LogP contribution in [-0.4, -0.2) is 5.78 Å². The highest BCUT2D eigenvalue weighted by atomic mass is 19.1. The Morgan fingerprint density at radius 2 is 1.84 bits per heavy atom. The van der Waals surface area contributed by atoms with Gasteiger partial charge in [0.05, 0.1) is 5.56 Å². The van der Waals surface area contributed by atoms with E-state index in [9.17, 15) is 13.6 Å². The molecule has 2 aromatic rings. The highest BCUT2D eigenvalue weighted by molar-refractivity contribution is 5.99. The molecule has 0 bridgehead atoms. The number of ketones is 1. The van der Waals surface area contributed by atoms with Crippen LogP contribution in [0.15, 0.2) is 36.4 Å². The van der Waals surface area contributed by atoms with Gasteiger partial charge in [0.25, 0.3) is 0 Å². The van der Waals surface area contributed by atoms with Crippen molar-refractivity contribution in [3.63, 3.8) is 0 Å². The van der Waals surface area contributed by atoms with Gasteiger partial charge >= 0.3 is 0 Å². The summed E-state index contributed by atoms with van der Waals surface area (Å²) in [5.41, 5.74) is 2.02. The van der Waals surface area contributed by atoms with Crippen molar-refractivity contribution < 1.29 is 13.6 Å². The van der Waals surface area contributed by atoms with Gasteiger partial charge in [0.2, 0.25) is 0 Å². The summed E-state index contributed by atoms with van der Waals surface area (Å²) < 4.78 is 26.9. The van der Waals surface area contributed by atoms with Gasteiger partial charge in [0.15, 0.2) is 5.78 Å². The Hall–Kier alpha value is -2.03. The summed E-state index contributed by atoms with van der Waals surface area (Å²) in [6.45, 7) is 3.48. The summed E-state index contributed by atoms with van der Waals surface area (Å²) in [7, 11) is 0. The summed E-state index contributed by atoms with van der Waals surface area (Å²) in [4.78, 5) is 12.1. The molecule has 0 aliphatic rings. The van der Waals surface area contributed by atoms with Gasteiger partial charge in [0, 0.05) is 6.42 Å². The summed E-state index contributed by atoms with van der Waals surface area (Å²) in [6, 6.07) is 8.90. The molecule has 0 radical (unpaired) electrons. The van der Waals surface area contributed by atoms with Gasteiger partial charge in [-0.05, 0) is 48.7 Å². The smallest absolute Gasteiger partial charge is 0.170 e. The number of rotatable bonds is 3. The molecule has 0 aliphatic carbocycles. The molecule has 0 fully saturated rings. The van der Waals surface area contributed by atoms with Crippen molar-refractivity contribution in [1.82, 2.24) is 0 Å². The van der Waals surface area contributed by atoms with Gasteiger partial charge in [-0.1, -0.05) is 18.2 Å². The lowest BCUT2D eigenvalue weighted by atomic mass is 9.97. The first-order valence-electron chi connectivity index (χ1n) is 6.02. The molecule has 1 nitrogen and oxygen atoms in total. The Balaban J connectivity index is 2.31. The van der Waals surface area contributed by atoms with Crippen LogP contribution in [0.3, 0.4) is 0 Å². The molecule has 0 unspecified atom stereocenters. The average Bonchev–Trinajstić information content (AvgIpc) is 2.27. The maximum atomic E-state index is 13.8. The second-order valence-corrected chi connectivity index (χ2v) is 4.67. The summed E-state index contributed by atoms with van der Waals surface area (Å²) in [5, 5.41) is 0. The van der Waals surface area contributed by atoms with Crippen molar-refractivity contribution in [1.29, 1.82) is 0 Å². The predicted octanol–water partition coefficient (Wildman–Crippen LogP) is 4.01. The largest absolute Gasteiger partial charge is 0.294 e. The quantitative estimate of drug-likeness (QED) is 0.762. The molecular weight excluding hydrogens is 246 g/mol. The number of benzene rings is 2.